The first kappa shape index (κ1) is 11.5. The lowest BCUT2D eigenvalue weighted by atomic mass is 9.88. The van der Waals surface area contributed by atoms with Gasteiger partial charge in [-0.05, 0) is 23.8 Å². The minimum absolute atomic E-state index is 0.389. The molecule has 0 saturated heterocycles. The van der Waals surface area contributed by atoms with E-state index in [-0.39, 0.29) is 0 Å². The van der Waals surface area contributed by atoms with E-state index in [9.17, 15) is 9.59 Å². The molecule has 3 nitrogen and oxygen atoms in total. The van der Waals surface area contributed by atoms with Gasteiger partial charge >= 0.3 is 0 Å². The molecule has 0 bridgehead atoms. The monoisotopic (exact) mass is 249 g/mol. The third-order valence-electron chi connectivity index (χ3n) is 3.13. The topological polar surface area (TPSA) is 47.0 Å². The number of hydrogen-bond donors (Lipinski definition) is 0. The Balaban J connectivity index is 2.01. The number of rotatable bonds is 2. The minimum Gasteiger partial charge on any atom is -0.285 e. The normalized spacial score (nSPS) is 14.0. The van der Waals surface area contributed by atoms with Crippen LogP contribution in [-0.4, -0.2) is 16.6 Å². The maximum atomic E-state index is 12.0. The summed E-state index contributed by atoms with van der Waals surface area (Å²) in [6.07, 6.45) is 3.85. The molecule has 0 N–H and O–H groups in total. The maximum Gasteiger partial charge on any atom is 0.233 e. The first-order chi connectivity index (χ1) is 9.25. The van der Waals surface area contributed by atoms with Crippen molar-refractivity contribution in [1.29, 1.82) is 0 Å². The van der Waals surface area contributed by atoms with Gasteiger partial charge < -0.3 is 0 Å². The molecule has 1 aliphatic rings. The summed E-state index contributed by atoms with van der Waals surface area (Å²) in [5, 5.41) is 0. The second kappa shape index (κ2) is 4.61. The van der Waals surface area contributed by atoms with Gasteiger partial charge in [-0.15, -0.1) is 0 Å². The van der Waals surface area contributed by atoms with E-state index in [2.05, 4.69) is 4.98 Å². The Labute approximate surface area is 110 Å². The molecule has 2 aromatic rings. The van der Waals surface area contributed by atoms with Crippen molar-refractivity contribution in [3.63, 3.8) is 0 Å². The van der Waals surface area contributed by atoms with Crippen LogP contribution in [0.4, 0.5) is 0 Å². The summed E-state index contributed by atoms with van der Waals surface area (Å²) in [6, 6.07) is 12.7. The highest BCUT2D eigenvalue weighted by atomic mass is 16.2. The summed E-state index contributed by atoms with van der Waals surface area (Å²) in [4.78, 5) is 28.2. The molecule has 0 fully saturated rings. The molecule has 0 spiro atoms. The van der Waals surface area contributed by atoms with Gasteiger partial charge in [-0.1, -0.05) is 30.3 Å². The molecule has 0 amide bonds. The highest BCUT2D eigenvalue weighted by Gasteiger charge is 2.27. The Morgan fingerprint density at radius 3 is 2.47 bits per heavy atom. The molecule has 3 rings (SSSR count). The fraction of sp³-hybridized carbons (Fsp3) is 0.0625. The fourth-order valence-electron chi connectivity index (χ4n) is 2.18. The standard InChI is InChI=1S/C16H11NO2/c18-15-12(10-13-6-3-4-8-17-13)9-11-5-1-2-7-14(11)16(15)19/h1-9H,10H2. The van der Waals surface area contributed by atoms with Gasteiger partial charge in [-0.25, -0.2) is 0 Å². The molecule has 1 aromatic carbocycles. The van der Waals surface area contributed by atoms with E-state index in [1.54, 1.807) is 24.4 Å². The van der Waals surface area contributed by atoms with Crippen LogP contribution in [0.2, 0.25) is 0 Å². The zero-order valence-corrected chi connectivity index (χ0v) is 10.2. The van der Waals surface area contributed by atoms with Crippen LogP contribution >= 0.6 is 0 Å². The second-order valence-corrected chi connectivity index (χ2v) is 4.41. The Hall–Kier alpha value is -2.55. The van der Waals surface area contributed by atoms with Gasteiger partial charge in [0.1, 0.15) is 0 Å². The lowest BCUT2D eigenvalue weighted by Gasteiger charge is -2.13. The van der Waals surface area contributed by atoms with E-state index < -0.39 is 11.6 Å². The van der Waals surface area contributed by atoms with Crippen LogP contribution in [0.5, 0.6) is 0 Å². The van der Waals surface area contributed by atoms with Crippen molar-refractivity contribution in [2.24, 2.45) is 0 Å². The molecular formula is C16H11NO2. The number of pyridine rings is 1. The number of Topliss-reactive ketones (excluding diaryl/α,β-unsaturated/α-hetero) is 2. The van der Waals surface area contributed by atoms with E-state index in [0.29, 0.717) is 17.6 Å². The van der Waals surface area contributed by atoms with Gasteiger partial charge in [0.2, 0.25) is 11.6 Å². The van der Waals surface area contributed by atoms with Crippen molar-refractivity contribution >= 4 is 17.6 Å². The Morgan fingerprint density at radius 1 is 0.895 bits per heavy atom. The first-order valence-corrected chi connectivity index (χ1v) is 6.04. The van der Waals surface area contributed by atoms with E-state index in [0.717, 1.165) is 11.3 Å². The highest BCUT2D eigenvalue weighted by molar-refractivity contribution is 6.51. The number of hydrogen-bond acceptors (Lipinski definition) is 3. The van der Waals surface area contributed by atoms with Gasteiger partial charge in [0, 0.05) is 29.4 Å². The van der Waals surface area contributed by atoms with Crippen molar-refractivity contribution < 1.29 is 9.59 Å². The molecule has 19 heavy (non-hydrogen) atoms. The van der Waals surface area contributed by atoms with Crippen LogP contribution < -0.4 is 0 Å². The van der Waals surface area contributed by atoms with Crippen LogP contribution in [0, 0.1) is 0 Å². The number of carbonyl (C=O) groups is 2. The SMILES string of the molecule is O=C1C(=O)c2ccccc2C=C1Cc1ccccn1. The Kier molecular flexibility index (Phi) is 2.80. The summed E-state index contributed by atoms with van der Waals surface area (Å²) in [7, 11) is 0. The quantitative estimate of drug-likeness (QED) is 0.768. The first-order valence-electron chi connectivity index (χ1n) is 6.04. The fourth-order valence-corrected chi connectivity index (χ4v) is 2.18. The zero-order valence-electron chi connectivity index (χ0n) is 10.2. The molecular weight excluding hydrogens is 238 g/mol. The predicted octanol–water partition coefficient (Wildman–Crippen LogP) is 2.47. The molecule has 3 heteroatoms. The number of benzene rings is 1. The molecule has 1 aromatic heterocycles. The molecule has 0 aliphatic heterocycles. The number of aromatic nitrogens is 1. The predicted molar refractivity (Wildman–Crippen MR) is 71.7 cm³/mol. The third kappa shape index (κ3) is 2.10. The largest absolute Gasteiger partial charge is 0.285 e. The minimum atomic E-state index is -0.427. The van der Waals surface area contributed by atoms with Gasteiger partial charge in [0.25, 0.3) is 0 Å². The second-order valence-electron chi connectivity index (χ2n) is 4.41. The average Bonchev–Trinajstić information content (AvgIpc) is 2.46. The van der Waals surface area contributed by atoms with Crippen LogP contribution in [0.15, 0.2) is 54.2 Å². The van der Waals surface area contributed by atoms with Crippen molar-refractivity contribution in [3.05, 3.63) is 71.1 Å². The van der Waals surface area contributed by atoms with Crippen LogP contribution in [0.25, 0.3) is 6.08 Å². The molecule has 0 radical (unpaired) electrons. The molecule has 0 unspecified atom stereocenters. The van der Waals surface area contributed by atoms with Crippen LogP contribution in [0.1, 0.15) is 21.6 Å². The molecule has 92 valence electrons. The van der Waals surface area contributed by atoms with Gasteiger partial charge in [0.15, 0.2) is 0 Å². The van der Waals surface area contributed by atoms with E-state index >= 15 is 0 Å². The van der Waals surface area contributed by atoms with E-state index in [1.807, 2.05) is 30.3 Å². The van der Waals surface area contributed by atoms with Gasteiger partial charge in [0.05, 0.1) is 0 Å². The van der Waals surface area contributed by atoms with Crippen LogP contribution in [-0.2, 0) is 11.2 Å². The number of allylic oxidation sites excluding steroid dienone is 1. The zero-order chi connectivity index (χ0) is 13.2. The van der Waals surface area contributed by atoms with Crippen molar-refractivity contribution in [2.45, 2.75) is 6.42 Å². The number of carbonyl (C=O) groups excluding carboxylic acids is 2. The van der Waals surface area contributed by atoms with E-state index in [4.69, 9.17) is 0 Å². The molecule has 0 atom stereocenters. The average molecular weight is 249 g/mol. The number of ketones is 2. The van der Waals surface area contributed by atoms with Crippen molar-refractivity contribution in [3.8, 4) is 0 Å². The van der Waals surface area contributed by atoms with Crippen molar-refractivity contribution in [1.82, 2.24) is 4.98 Å². The lowest BCUT2D eigenvalue weighted by molar-refractivity contribution is -0.111. The van der Waals surface area contributed by atoms with Gasteiger partial charge in [-0.3, -0.25) is 14.6 Å². The summed E-state index contributed by atoms with van der Waals surface area (Å²) in [5.41, 5.74) is 2.58. The maximum absolute atomic E-state index is 12.0. The van der Waals surface area contributed by atoms with Gasteiger partial charge in [-0.2, -0.15) is 0 Å². The molecule has 1 heterocycles. The smallest absolute Gasteiger partial charge is 0.233 e. The van der Waals surface area contributed by atoms with E-state index in [1.165, 1.54) is 0 Å². The number of nitrogens with zero attached hydrogens (tertiary/aromatic N) is 1. The summed E-state index contributed by atoms with van der Waals surface area (Å²) in [5.74, 6) is -0.853. The third-order valence-corrected chi connectivity index (χ3v) is 3.13. The summed E-state index contributed by atoms with van der Waals surface area (Å²) in [6.45, 7) is 0. The number of fused-ring (bicyclic) bond motifs is 1. The summed E-state index contributed by atoms with van der Waals surface area (Å²) >= 11 is 0. The highest BCUT2D eigenvalue weighted by Crippen LogP contribution is 2.23. The Morgan fingerprint density at radius 2 is 1.68 bits per heavy atom. The van der Waals surface area contributed by atoms with Crippen molar-refractivity contribution in [2.75, 3.05) is 0 Å². The Bertz CT molecular complexity index is 687. The lowest BCUT2D eigenvalue weighted by Crippen LogP contribution is -2.22. The molecule has 0 saturated carbocycles. The molecule has 1 aliphatic carbocycles. The summed E-state index contributed by atoms with van der Waals surface area (Å²) < 4.78 is 0. The van der Waals surface area contributed by atoms with Crippen LogP contribution in [0.3, 0.4) is 0 Å².